The summed E-state index contributed by atoms with van der Waals surface area (Å²) < 4.78 is 5.04. The first-order valence-electron chi connectivity index (χ1n) is 6.58. The molecule has 0 unspecified atom stereocenters. The van der Waals surface area contributed by atoms with Gasteiger partial charge in [0.25, 0.3) is 0 Å². The zero-order valence-corrected chi connectivity index (χ0v) is 11.7. The van der Waals surface area contributed by atoms with Gasteiger partial charge in [0, 0.05) is 6.20 Å². The summed E-state index contributed by atoms with van der Waals surface area (Å²) >= 11 is 0. The third-order valence-electron chi connectivity index (χ3n) is 2.67. The van der Waals surface area contributed by atoms with Crippen LogP contribution in [0.15, 0.2) is 48.7 Å². The van der Waals surface area contributed by atoms with Crippen LogP contribution in [0, 0.1) is 23.2 Å². The normalized spacial score (nSPS) is 9.05. The van der Waals surface area contributed by atoms with Gasteiger partial charge < -0.3 is 10.1 Å². The van der Waals surface area contributed by atoms with E-state index in [1.54, 1.807) is 18.3 Å². The van der Waals surface area contributed by atoms with Crippen LogP contribution in [0.1, 0.15) is 16.8 Å². The van der Waals surface area contributed by atoms with Crippen LogP contribution < -0.4 is 5.32 Å². The highest BCUT2D eigenvalue weighted by Crippen LogP contribution is 2.01. The fourth-order valence-electron chi connectivity index (χ4n) is 1.61. The molecule has 5 nitrogen and oxygen atoms in total. The van der Waals surface area contributed by atoms with Crippen molar-refractivity contribution in [2.24, 2.45) is 0 Å². The molecular formula is C17H13N3O2. The van der Waals surface area contributed by atoms with Gasteiger partial charge >= 0.3 is 6.09 Å². The topological polar surface area (TPSA) is 75.0 Å². The molecule has 0 radical (unpaired) electrons. The van der Waals surface area contributed by atoms with E-state index < -0.39 is 6.09 Å². The van der Waals surface area contributed by atoms with Crippen LogP contribution in [0.5, 0.6) is 0 Å². The molecule has 1 amide bonds. The van der Waals surface area contributed by atoms with Gasteiger partial charge in [0.15, 0.2) is 0 Å². The lowest BCUT2D eigenvalue weighted by atomic mass is 10.2. The minimum Gasteiger partial charge on any atom is -0.445 e. The van der Waals surface area contributed by atoms with E-state index in [1.165, 1.54) is 0 Å². The van der Waals surface area contributed by atoms with Crippen LogP contribution in [0.25, 0.3) is 0 Å². The van der Waals surface area contributed by atoms with Gasteiger partial charge in [-0.25, -0.2) is 9.78 Å². The molecule has 0 aliphatic heterocycles. The maximum atomic E-state index is 11.5. The number of alkyl carbamates (subject to hydrolysis) is 1. The molecule has 0 spiro atoms. The molecule has 0 fully saturated rings. The van der Waals surface area contributed by atoms with Gasteiger partial charge in [-0.3, -0.25) is 0 Å². The van der Waals surface area contributed by atoms with Crippen molar-refractivity contribution >= 4 is 6.09 Å². The second kappa shape index (κ2) is 8.08. The Kier molecular flexibility index (Phi) is 5.54. The van der Waals surface area contributed by atoms with Crippen molar-refractivity contribution in [1.29, 1.82) is 5.26 Å². The molecule has 108 valence electrons. The number of carbonyl (C=O) groups excluding carboxylic acids is 1. The lowest BCUT2D eigenvalue weighted by Crippen LogP contribution is -2.24. The van der Waals surface area contributed by atoms with Crippen LogP contribution in [0.4, 0.5) is 4.79 Å². The Morgan fingerprint density at radius 3 is 2.82 bits per heavy atom. The zero-order chi connectivity index (χ0) is 15.6. The first-order valence-corrected chi connectivity index (χ1v) is 6.58. The van der Waals surface area contributed by atoms with Crippen molar-refractivity contribution in [3.8, 4) is 17.9 Å². The third-order valence-corrected chi connectivity index (χ3v) is 2.67. The van der Waals surface area contributed by atoms with E-state index in [0.29, 0.717) is 11.3 Å². The third kappa shape index (κ3) is 4.66. The fourth-order valence-corrected chi connectivity index (χ4v) is 1.61. The van der Waals surface area contributed by atoms with E-state index >= 15 is 0 Å². The summed E-state index contributed by atoms with van der Waals surface area (Å²) in [5, 5.41) is 11.4. The SMILES string of the molecule is N#Cc1cccnc1C#CCNC(=O)OCc1ccccc1. The van der Waals surface area contributed by atoms with Gasteiger partial charge in [0.1, 0.15) is 18.4 Å². The van der Waals surface area contributed by atoms with E-state index in [2.05, 4.69) is 22.1 Å². The van der Waals surface area contributed by atoms with Crippen molar-refractivity contribution in [1.82, 2.24) is 10.3 Å². The van der Waals surface area contributed by atoms with Crippen LogP contribution in [-0.2, 0) is 11.3 Å². The monoisotopic (exact) mass is 291 g/mol. The summed E-state index contributed by atoms with van der Waals surface area (Å²) in [7, 11) is 0. The summed E-state index contributed by atoms with van der Waals surface area (Å²) in [5.41, 5.74) is 1.71. The Morgan fingerprint density at radius 1 is 1.23 bits per heavy atom. The highest BCUT2D eigenvalue weighted by molar-refractivity contribution is 5.67. The number of hydrogen-bond acceptors (Lipinski definition) is 4. The van der Waals surface area contributed by atoms with Crippen molar-refractivity contribution in [2.45, 2.75) is 6.61 Å². The van der Waals surface area contributed by atoms with Crippen molar-refractivity contribution in [3.63, 3.8) is 0 Å². The molecular weight excluding hydrogens is 278 g/mol. The number of nitrogens with one attached hydrogen (secondary N) is 1. The predicted octanol–water partition coefficient (Wildman–Crippen LogP) is 2.23. The van der Waals surface area contributed by atoms with E-state index in [9.17, 15) is 4.79 Å². The van der Waals surface area contributed by atoms with Crippen molar-refractivity contribution < 1.29 is 9.53 Å². The highest BCUT2D eigenvalue weighted by atomic mass is 16.5. The number of benzene rings is 1. The maximum absolute atomic E-state index is 11.5. The summed E-state index contributed by atoms with van der Waals surface area (Å²) in [6.07, 6.45) is 1.02. The number of ether oxygens (including phenoxy) is 1. The van der Waals surface area contributed by atoms with E-state index in [0.717, 1.165) is 5.56 Å². The first kappa shape index (κ1) is 15.1. The molecule has 5 heteroatoms. The van der Waals surface area contributed by atoms with Gasteiger partial charge in [-0.1, -0.05) is 36.3 Å². The number of pyridine rings is 1. The van der Waals surface area contributed by atoms with Gasteiger partial charge in [-0.2, -0.15) is 5.26 Å². The Hall–Kier alpha value is -3.31. The van der Waals surface area contributed by atoms with Gasteiger partial charge in [-0.15, -0.1) is 0 Å². The average molecular weight is 291 g/mol. The van der Waals surface area contributed by atoms with Crippen LogP contribution in [-0.4, -0.2) is 17.6 Å². The maximum Gasteiger partial charge on any atom is 0.408 e. The molecule has 0 saturated carbocycles. The molecule has 0 aliphatic carbocycles. The Balaban J connectivity index is 1.78. The summed E-state index contributed by atoms with van der Waals surface area (Å²) in [6.45, 7) is 0.327. The molecule has 1 N–H and O–H groups in total. The standard InChI is InChI=1S/C17H13N3O2/c18-12-15-8-4-10-19-16(15)9-5-11-20-17(21)22-13-14-6-2-1-3-7-14/h1-4,6-8,10H,11,13H2,(H,20,21). The van der Waals surface area contributed by atoms with E-state index in [1.807, 2.05) is 36.4 Å². The fraction of sp³-hybridized carbons (Fsp3) is 0.118. The number of nitriles is 1. The first-order chi connectivity index (χ1) is 10.8. The van der Waals surface area contributed by atoms with E-state index in [-0.39, 0.29) is 13.2 Å². The quantitative estimate of drug-likeness (QED) is 0.880. The second-order valence-corrected chi connectivity index (χ2v) is 4.23. The predicted molar refractivity (Wildman–Crippen MR) is 80.5 cm³/mol. The Labute approximate surface area is 128 Å². The molecule has 22 heavy (non-hydrogen) atoms. The van der Waals surface area contributed by atoms with Crippen LogP contribution in [0.2, 0.25) is 0 Å². The molecule has 1 heterocycles. The highest BCUT2D eigenvalue weighted by Gasteiger charge is 2.01. The van der Waals surface area contributed by atoms with Crippen molar-refractivity contribution in [3.05, 3.63) is 65.5 Å². The molecule has 0 atom stereocenters. The minimum atomic E-state index is -0.542. The number of hydrogen-bond donors (Lipinski definition) is 1. The summed E-state index contributed by atoms with van der Waals surface area (Å²) in [5.74, 6) is 5.47. The zero-order valence-electron chi connectivity index (χ0n) is 11.7. The number of carbonyl (C=O) groups is 1. The van der Waals surface area contributed by atoms with Crippen LogP contribution >= 0.6 is 0 Å². The Morgan fingerprint density at radius 2 is 2.05 bits per heavy atom. The number of rotatable bonds is 3. The summed E-state index contributed by atoms with van der Waals surface area (Å²) in [4.78, 5) is 15.5. The number of nitrogens with zero attached hydrogens (tertiary/aromatic N) is 2. The summed E-state index contributed by atoms with van der Waals surface area (Å²) in [6, 6.07) is 14.7. The number of amides is 1. The van der Waals surface area contributed by atoms with E-state index in [4.69, 9.17) is 10.00 Å². The Bertz CT molecular complexity index is 740. The molecule has 0 saturated heterocycles. The molecule has 0 bridgehead atoms. The number of aromatic nitrogens is 1. The van der Waals surface area contributed by atoms with Gasteiger partial charge in [-0.05, 0) is 23.6 Å². The molecule has 1 aromatic carbocycles. The molecule has 2 aromatic rings. The minimum absolute atomic E-state index is 0.120. The van der Waals surface area contributed by atoms with Crippen LogP contribution in [0.3, 0.4) is 0 Å². The molecule has 0 aliphatic rings. The average Bonchev–Trinajstić information content (AvgIpc) is 2.58. The van der Waals surface area contributed by atoms with Gasteiger partial charge in [0.2, 0.25) is 0 Å². The lowest BCUT2D eigenvalue weighted by Gasteiger charge is -2.04. The molecule has 2 rings (SSSR count). The largest absolute Gasteiger partial charge is 0.445 e. The van der Waals surface area contributed by atoms with Gasteiger partial charge in [0.05, 0.1) is 12.1 Å². The molecule has 1 aromatic heterocycles. The smallest absolute Gasteiger partial charge is 0.408 e. The second-order valence-electron chi connectivity index (χ2n) is 4.23. The lowest BCUT2D eigenvalue weighted by molar-refractivity contribution is 0.141. The van der Waals surface area contributed by atoms with Crippen molar-refractivity contribution in [2.75, 3.05) is 6.54 Å².